The molecule has 0 saturated carbocycles. The second kappa shape index (κ2) is 8.81. The zero-order chi connectivity index (χ0) is 22.0. The topological polar surface area (TPSA) is 82.3 Å². The minimum atomic E-state index is -0.348. The number of hydrogen-bond donors (Lipinski definition) is 0. The first-order chi connectivity index (χ1) is 14.9. The zero-order valence-corrected chi connectivity index (χ0v) is 18.2. The molecule has 31 heavy (non-hydrogen) atoms. The van der Waals surface area contributed by atoms with Crippen LogP contribution in [0.2, 0.25) is 0 Å². The summed E-state index contributed by atoms with van der Waals surface area (Å²) < 4.78 is 0. The van der Waals surface area contributed by atoms with E-state index in [-0.39, 0.29) is 16.5 Å². The predicted molar refractivity (Wildman–Crippen MR) is 126 cm³/mol. The van der Waals surface area contributed by atoms with Gasteiger partial charge in [-0.15, -0.1) is 0 Å². The van der Waals surface area contributed by atoms with Crippen molar-refractivity contribution in [2.75, 3.05) is 50.1 Å². The van der Waals surface area contributed by atoms with E-state index in [9.17, 15) is 14.9 Å². The third-order valence-electron chi connectivity index (χ3n) is 5.29. The molecule has 0 aromatic heterocycles. The summed E-state index contributed by atoms with van der Waals surface area (Å²) in [6.45, 7) is 2.55. The Hall–Kier alpha value is -3.33. The van der Waals surface area contributed by atoms with E-state index >= 15 is 0 Å². The monoisotopic (exact) mass is 437 g/mol. The average Bonchev–Trinajstić information content (AvgIpc) is 3.14. The number of amides is 1. The molecule has 0 bridgehead atoms. The minimum absolute atomic E-state index is 0.115. The van der Waals surface area contributed by atoms with Crippen LogP contribution in [0.15, 0.2) is 58.4 Å². The molecule has 0 aliphatic carbocycles. The molecule has 0 atom stereocenters. The number of carbonyl (C=O) groups is 1. The highest BCUT2D eigenvalue weighted by Crippen LogP contribution is 2.33. The number of aliphatic imine (C=N–C) groups is 1. The Bertz CT molecular complexity index is 1060. The molecule has 0 unspecified atom stereocenters. The summed E-state index contributed by atoms with van der Waals surface area (Å²) >= 11 is 1.39. The molecular weight excluding hydrogens is 414 g/mol. The van der Waals surface area contributed by atoms with Crippen molar-refractivity contribution in [1.29, 1.82) is 0 Å². The first kappa shape index (κ1) is 20.9. The molecule has 2 aliphatic rings. The molecule has 0 N–H and O–H groups in total. The predicted octanol–water partition coefficient (Wildman–Crippen LogP) is 3.45. The molecule has 2 aliphatic heterocycles. The molecule has 2 aromatic rings. The van der Waals surface area contributed by atoms with Crippen molar-refractivity contribution in [2.45, 2.75) is 0 Å². The van der Waals surface area contributed by atoms with Crippen LogP contribution < -0.4 is 9.80 Å². The molecule has 2 aromatic carbocycles. The highest BCUT2D eigenvalue weighted by atomic mass is 32.2. The van der Waals surface area contributed by atoms with Crippen LogP contribution >= 0.6 is 11.8 Å². The number of benzene rings is 2. The van der Waals surface area contributed by atoms with Gasteiger partial charge in [0.15, 0.2) is 5.17 Å². The second-order valence-corrected chi connectivity index (χ2v) is 8.53. The average molecular weight is 438 g/mol. The van der Waals surface area contributed by atoms with Gasteiger partial charge in [0.25, 0.3) is 11.6 Å². The Kier molecular flexibility index (Phi) is 5.94. The molecule has 160 valence electrons. The maximum atomic E-state index is 12.4. The summed E-state index contributed by atoms with van der Waals surface area (Å²) in [5, 5.41) is 12.0. The van der Waals surface area contributed by atoms with Crippen LogP contribution in [0.25, 0.3) is 6.08 Å². The number of nitro groups is 1. The van der Waals surface area contributed by atoms with Crippen molar-refractivity contribution in [1.82, 2.24) is 4.90 Å². The maximum absolute atomic E-state index is 12.4. The lowest BCUT2D eigenvalue weighted by Gasteiger charge is -2.36. The van der Waals surface area contributed by atoms with Crippen molar-refractivity contribution >= 4 is 46.0 Å². The number of amidine groups is 1. The highest BCUT2D eigenvalue weighted by molar-refractivity contribution is 8.18. The van der Waals surface area contributed by atoms with Crippen molar-refractivity contribution in [3.63, 3.8) is 0 Å². The van der Waals surface area contributed by atoms with Crippen LogP contribution in [0.5, 0.6) is 0 Å². The van der Waals surface area contributed by atoms with Gasteiger partial charge in [-0.1, -0.05) is 24.3 Å². The van der Waals surface area contributed by atoms with Gasteiger partial charge in [-0.2, -0.15) is 4.99 Å². The molecule has 0 spiro atoms. The van der Waals surface area contributed by atoms with Gasteiger partial charge >= 0.3 is 0 Å². The molecule has 1 saturated heterocycles. The number of para-hydroxylation sites is 2. The second-order valence-electron chi connectivity index (χ2n) is 7.52. The number of carbonyl (C=O) groups excluding carboxylic acids is 1. The largest absolute Gasteiger partial charge is 0.378 e. The van der Waals surface area contributed by atoms with Crippen LogP contribution in [-0.2, 0) is 4.79 Å². The van der Waals surface area contributed by atoms with Gasteiger partial charge < -0.3 is 14.7 Å². The van der Waals surface area contributed by atoms with E-state index in [2.05, 4.69) is 9.89 Å². The molecule has 0 radical (unpaired) electrons. The Morgan fingerprint density at radius 3 is 2.32 bits per heavy atom. The van der Waals surface area contributed by atoms with Gasteiger partial charge in [-0.3, -0.25) is 14.9 Å². The van der Waals surface area contributed by atoms with E-state index in [0.29, 0.717) is 41.9 Å². The fourth-order valence-corrected chi connectivity index (χ4v) is 4.54. The lowest BCUT2D eigenvalue weighted by Crippen LogP contribution is -2.48. The van der Waals surface area contributed by atoms with Gasteiger partial charge in [0.1, 0.15) is 5.69 Å². The molecule has 8 nitrogen and oxygen atoms in total. The molecule has 1 amide bonds. The van der Waals surface area contributed by atoms with Crippen molar-refractivity contribution in [2.24, 2.45) is 4.99 Å². The Morgan fingerprint density at radius 1 is 1.03 bits per heavy atom. The fraction of sp³-hybridized carbons (Fsp3) is 0.273. The van der Waals surface area contributed by atoms with Gasteiger partial charge in [0.2, 0.25) is 0 Å². The lowest BCUT2D eigenvalue weighted by molar-refractivity contribution is -0.384. The molecule has 9 heteroatoms. The summed E-state index contributed by atoms with van der Waals surface area (Å²) in [6, 6.07) is 14.8. The minimum Gasteiger partial charge on any atom is -0.378 e. The number of piperazine rings is 1. The quantitative estimate of drug-likeness (QED) is 0.412. The van der Waals surface area contributed by atoms with Gasteiger partial charge in [0.05, 0.1) is 9.83 Å². The number of anilines is 2. The Morgan fingerprint density at radius 2 is 1.68 bits per heavy atom. The smallest absolute Gasteiger partial charge is 0.292 e. The van der Waals surface area contributed by atoms with E-state index in [1.165, 1.54) is 17.8 Å². The van der Waals surface area contributed by atoms with Gasteiger partial charge in [-0.25, -0.2) is 0 Å². The molecule has 2 heterocycles. The SMILES string of the molecule is CN(C)c1ccc(C=C2SC(N3CCN(c4ccccc4[N+](=O)[O-])CC3)=NC2=O)cc1. The number of hydrogen-bond acceptors (Lipinski definition) is 7. The van der Waals surface area contributed by atoms with Crippen LogP contribution in [-0.4, -0.2) is 61.2 Å². The number of thioether (sulfide) groups is 1. The number of rotatable bonds is 4. The summed E-state index contributed by atoms with van der Waals surface area (Å²) in [5.41, 5.74) is 2.80. The number of nitrogens with zero attached hydrogens (tertiary/aromatic N) is 5. The summed E-state index contributed by atoms with van der Waals surface area (Å²) in [7, 11) is 3.97. The highest BCUT2D eigenvalue weighted by Gasteiger charge is 2.30. The third-order valence-corrected chi connectivity index (χ3v) is 6.33. The van der Waals surface area contributed by atoms with E-state index in [1.54, 1.807) is 12.1 Å². The van der Waals surface area contributed by atoms with Crippen LogP contribution in [0, 0.1) is 10.1 Å². The summed E-state index contributed by atoms with van der Waals surface area (Å²) in [5.74, 6) is -0.224. The fourth-order valence-electron chi connectivity index (χ4n) is 3.58. The van der Waals surface area contributed by atoms with Gasteiger partial charge in [0, 0.05) is 52.0 Å². The molecule has 4 rings (SSSR count). The van der Waals surface area contributed by atoms with E-state index in [1.807, 2.05) is 60.3 Å². The Balaban J connectivity index is 1.40. The van der Waals surface area contributed by atoms with Crippen molar-refractivity contribution in [3.8, 4) is 0 Å². The first-order valence-corrected chi connectivity index (χ1v) is 10.8. The summed E-state index contributed by atoms with van der Waals surface area (Å²) in [6.07, 6.45) is 1.87. The van der Waals surface area contributed by atoms with Crippen LogP contribution in [0.4, 0.5) is 17.1 Å². The van der Waals surface area contributed by atoms with Crippen molar-refractivity contribution in [3.05, 3.63) is 69.1 Å². The van der Waals surface area contributed by atoms with E-state index in [0.717, 1.165) is 11.3 Å². The van der Waals surface area contributed by atoms with Crippen LogP contribution in [0.3, 0.4) is 0 Å². The Labute approximate surface area is 185 Å². The number of nitro benzene ring substituents is 1. The molecular formula is C22H23N5O3S. The normalized spacial score (nSPS) is 17.8. The van der Waals surface area contributed by atoms with Crippen molar-refractivity contribution < 1.29 is 9.72 Å². The van der Waals surface area contributed by atoms with E-state index in [4.69, 9.17) is 0 Å². The first-order valence-electron chi connectivity index (χ1n) is 9.95. The van der Waals surface area contributed by atoms with Crippen LogP contribution in [0.1, 0.15) is 5.56 Å². The van der Waals surface area contributed by atoms with E-state index < -0.39 is 0 Å². The van der Waals surface area contributed by atoms with Gasteiger partial charge in [-0.05, 0) is 41.6 Å². The molecule has 1 fully saturated rings. The standard InChI is InChI=1S/C22H23N5O3S/c1-24(2)17-9-7-16(8-10-17)15-20-21(28)23-22(31-20)26-13-11-25(12-14-26)18-5-3-4-6-19(18)27(29)30/h3-10,15H,11-14H2,1-2H3. The zero-order valence-electron chi connectivity index (χ0n) is 17.4. The third kappa shape index (κ3) is 4.56. The lowest BCUT2D eigenvalue weighted by atomic mass is 10.2. The maximum Gasteiger partial charge on any atom is 0.292 e. The summed E-state index contributed by atoms with van der Waals surface area (Å²) in [4.78, 5) is 34.3.